The van der Waals surface area contributed by atoms with Crippen molar-refractivity contribution in [1.82, 2.24) is 15.3 Å². The minimum Gasteiger partial charge on any atom is -0.348 e. The van der Waals surface area contributed by atoms with Gasteiger partial charge in [0.1, 0.15) is 11.4 Å². The van der Waals surface area contributed by atoms with Crippen LogP contribution in [0.4, 0.5) is 0 Å². The Bertz CT molecular complexity index is 662. The topological polar surface area (TPSA) is 74.8 Å². The van der Waals surface area contributed by atoms with Crippen molar-refractivity contribution in [3.05, 3.63) is 63.3 Å². The van der Waals surface area contributed by atoms with Crippen LogP contribution in [-0.4, -0.2) is 15.9 Å². The standard InChI is InChI=1S/C14H15N3O2/c1-9-4-3-5-11(6-9)7-16-13(18)12-8-15-10(2)17-14(12)19/h3-6,8H,7H2,1-2H3,(H,16,18)(H,15,17,19). The summed E-state index contributed by atoms with van der Waals surface area (Å²) in [4.78, 5) is 29.9. The number of aromatic amines is 1. The highest BCUT2D eigenvalue weighted by Gasteiger charge is 2.10. The first-order valence-corrected chi connectivity index (χ1v) is 5.96. The van der Waals surface area contributed by atoms with E-state index < -0.39 is 11.5 Å². The monoisotopic (exact) mass is 257 g/mol. The highest BCUT2D eigenvalue weighted by molar-refractivity contribution is 5.93. The summed E-state index contributed by atoms with van der Waals surface area (Å²) < 4.78 is 0. The van der Waals surface area contributed by atoms with Crippen LogP contribution in [0.25, 0.3) is 0 Å². The second-order valence-electron chi connectivity index (χ2n) is 4.38. The lowest BCUT2D eigenvalue weighted by molar-refractivity contribution is 0.0949. The van der Waals surface area contributed by atoms with Gasteiger partial charge in [-0.15, -0.1) is 0 Å². The fraction of sp³-hybridized carbons (Fsp3) is 0.214. The number of H-pyrrole nitrogens is 1. The lowest BCUT2D eigenvalue weighted by atomic mass is 10.1. The van der Waals surface area contributed by atoms with Gasteiger partial charge in [0.2, 0.25) is 0 Å². The van der Waals surface area contributed by atoms with Gasteiger partial charge >= 0.3 is 0 Å². The molecule has 0 aliphatic heterocycles. The van der Waals surface area contributed by atoms with Crippen LogP contribution >= 0.6 is 0 Å². The van der Waals surface area contributed by atoms with E-state index in [2.05, 4.69) is 15.3 Å². The van der Waals surface area contributed by atoms with E-state index in [9.17, 15) is 9.59 Å². The second-order valence-corrected chi connectivity index (χ2v) is 4.38. The van der Waals surface area contributed by atoms with Gasteiger partial charge in [0.15, 0.2) is 0 Å². The molecule has 0 aliphatic rings. The van der Waals surface area contributed by atoms with Crippen molar-refractivity contribution in [2.24, 2.45) is 0 Å². The molecule has 5 nitrogen and oxygen atoms in total. The lowest BCUT2D eigenvalue weighted by Gasteiger charge is -2.05. The molecule has 1 heterocycles. The predicted octanol–water partition coefficient (Wildman–Crippen LogP) is 1.32. The third-order valence-corrected chi connectivity index (χ3v) is 2.71. The van der Waals surface area contributed by atoms with Crippen LogP contribution in [-0.2, 0) is 6.54 Å². The molecule has 0 unspecified atom stereocenters. The van der Waals surface area contributed by atoms with Gasteiger partial charge in [0.05, 0.1) is 0 Å². The van der Waals surface area contributed by atoms with Crippen LogP contribution in [0, 0.1) is 13.8 Å². The van der Waals surface area contributed by atoms with Gasteiger partial charge in [-0.1, -0.05) is 29.8 Å². The average molecular weight is 257 g/mol. The molecule has 5 heteroatoms. The van der Waals surface area contributed by atoms with Crippen LogP contribution < -0.4 is 10.9 Å². The summed E-state index contributed by atoms with van der Waals surface area (Å²) in [5, 5.41) is 2.70. The summed E-state index contributed by atoms with van der Waals surface area (Å²) in [6, 6.07) is 7.82. The number of rotatable bonds is 3. The van der Waals surface area contributed by atoms with E-state index in [1.54, 1.807) is 6.92 Å². The second kappa shape index (κ2) is 5.48. The van der Waals surface area contributed by atoms with Gasteiger partial charge in [-0.25, -0.2) is 4.98 Å². The largest absolute Gasteiger partial charge is 0.348 e. The van der Waals surface area contributed by atoms with Gasteiger partial charge < -0.3 is 10.3 Å². The molecule has 1 aromatic carbocycles. The number of hydrogen-bond acceptors (Lipinski definition) is 3. The van der Waals surface area contributed by atoms with Crippen molar-refractivity contribution in [2.45, 2.75) is 20.4 Å². The number of aryl methyl sites for hydroxylation is 2. The van der Waals surface area contributed by atoms with Crippen LogP contribution in [0.2, 0.25) is 0 Å². The van der Waals surface area contributed by atoms with Crippen LogP contribution in [0.15, 0.2) is 35.3 Å². The zero-order valence-corrected chi connectivity index (χ0v) is 10.9. The third-order valence-electron chi connectivity index (χ3n) is 2.71. The molecule has 2 N–H and O–H groups in total. The molecule has 1 aromatic heterocycles. The van der Waals surface area contributed by atoms with Gasteiger partial charge in [0, 0.05) is 12.7 Å². The fourth-order valence-electron chi connectivity index (χ4n) is 1.75. The third kappa shape index (κ3) is 3.28. The summed E-state index contributed by atoms with van der Waals surface area (Å²) in [5.41, 5.74) is 1.72. The van der Waals surface area contributed by atoms with E-state index in [0.717, 1.165) is 11.1 Å². The molecule has 0 saturated carbocycles. The summed E-state index contributed by atoms with van der Waals surface area (Å²) >= 11 is 0. The van der Waals surface area contributed by atoms with E-state index in [1.807, 2.05) is 31.2 Å². The number of benzene rings is 1. The molecule has 98 valence electrons. The first-order chi connectivity index (χ1) is 9.06. The average Bonchev–Trinajstić information content (AvgIpc) is 2.36. The maximum Gasteiger partial charge on any atom is 0.263 e. The number of carbonyl (C=O) groups is 1. The number of nitrogens with one attached hydrogen (secondary N) is 2. The highest BCUT2D eigenvalue weighted by atomic mass is 16.2. The maximum atomic E-state index is 11.9. The zero-order chi connectivity index (χ0) is 13.8. The molecule has 0 saturated heterocycles. The van der Waals surface area contributed by atoms with E-state index in [-0.39, 0.29) is 5.56 Å². The van der Waals surface area contributed by atoms with Gasteiger partial charge in [0.25, 0.3) is 11.5 Å². The maximum absolute atomic E-state index is 11.9. The highest BCUT2D eigenvalue weighted by Crippen LogP contribution is 2.03. The zero-order valence-electron chi connectivity index (χ0n) is 10.9. The first kappa shape index (κ1) is 13.0. The van der Waals surface area contributed by atoms with Crippen molar-refractivity contribution >= 4 is 5.91 Å². The Hall–Kier alpha value is -2.43. The number of nitrogens with zero attached hydrogens (tertiary/aromatic N) is 1. The number of hydrogen-bond donors (Lipinski definition) is 2. The van der Waals surface area contributed by atoms with E-state index in [0.29, 0.717) is 12.4 Å². The van der Waals surface area contributed by atoms with Gasteiger partial charge in [-0.05, 0) is 19.4 Å². The predicted molar refractivity (Wildman–Crippen MR) is 71.9 cm³/mol. The molecule has 0 fully saturated rings. The van der Waals surface area contributed by atoms with Crippen LogP contribution in [0.5, 0.6) is 0 Å². The quantitative estimate of drug-likeness (QED) is 0.870. The summed E-state index contributed by atoms with van der Waals surface area (Å²) in [5.74, 6) is 0.0653. The molecule has 0 aliphatic carbocycles. The van der Waals surface area contributed by atoms with Crippen molar-refractivity contribution in [2.75, 3.05) is 0 Å². The van der Waals surface area contributed by atoms with Crippen molar-refractivity contribution in [3.8, 4) is 0 Å². The van der Waals surface area contributed by atoms with Gasteiger partial charge in [-0.3, -0.25) is 9.59 Å². The fourth-order valence-corrected chi connectivity index (χ4v) is 1.75. The molecule has 1 amide bonds. The van der Waals surface area contributed by atoms with Gasteiger partial charge in [-0.2, -0.15) is 0 Å². The lowest BCUT2D eigenvalue weighted by Crippen LogP contribution is -2.29. The summed E-state index contributed by atoms with van der Waals surface area (Å²) in [6.07, 6.45) is 1.29. The van der Waals surface area contributed by atoms with E-state index in [1.165, 1.54) is 6.20 Å². The summed E-state index contributed by atoms with van der Waals surface area (Å²) in [6.45, 7) is 4.03. The minimum absolute atomic E-state index is 0.0262. The first-order valence-electron chi connectivity index (χ1n) is 5.96. The Morgan fingerprint density at radius 1 is 1.37 bits per heavy atom. The molecule has 2 rings (SSSR count). The van der Waals surface area contributed by atoms with E-state index >= 15 is 0 Å². The Kier molecular flexibility index (Phi) is 3.75. The Morgan fingerprint density at radius 2 is 2.16 bits per heavy atom. The molecule has 0 atom stereocenters. The van der Waals surface area contributed by atoms with Crippen LogP contribution in [0.3, 0.4) is 0 Å². The molecule has 19 heavy (non-hydrogen) atoms. The van der Waals surface area contributed by atoms with Crippen molar-refractivity contribution < 1.29 is 4.79 Å². The molecule has 2 aromatic rings. The Morgan fingerprint density at radius 3 is 2.84 bits per heavy atom. The molecule has 0 spiro atoms. The van der Waals surface area contributed by atoms with Crippen molar-refractivity contribution in [1.29, 1.82) is 0 Å². The smallest absolute Gasteiger partial charge is 0.263 e. The number of aromatic nitrogens is 2. The minimum atomic E-state index is -0.422. The SMILES string of the molecule is Cc1cccc(CNC(=O)c2cnc(C)[nH]c2=O)c1. The molecule has 0 bridgehead atoms. The number of carbonyl (C=O) groups excluding carboxylic acids is 1. The molecular formula is C14H15N3O2. The Labute approximate surface area is 110 Å². The van der Waals surface area contributed by atoms with Crippen LogP contribution in [0.1, 0.15) is 27.3 Å². The summed E-state index contributed by atoms with van der Waals surface area (Å²) in [7, 11) is 0. The normalized spacial score (nSPS) is 10.2. The molecular weight excluding hydrogens is 242 g/mol. The van der Waals surface area contributed by atoms with Crippen molar-refractivity contribution in [3.63, 3.8) is 0 Å². The Balaban J connectivity index is 2.07. The van der Waals surface area contributed by atoms with E-state index in [4.69, 9.17) is 0 Å². The number of amides is 1. The molecule has 0 radical (unpaired) electrons.